The van der Waals surface area contributed by atoms with Gasteiger partial charge >= 0.3 is 15.6 Å². The molecule has 41 heavy (non-hydrogen) atoms. The SMILES string of the molecule is C[C@H](O)C(OC(OP(=O)(O)OP(=O)(O)OCC1OC(n2cnc3c(N)ncnc32)C(F)C1O)[C@H](O)CO)[C@H](O)CO. The summed E-state index contributed by atoms with van der Waals surface area (Å²) in [7, 11) is -11.3. The summed E-state index contributed by atoms with van der Waals surface area (Å²) in [5.41, 5.74) is 5.86. The summed E-state index contributed by atoms with van der Waals surface area (Å²) < 4.78 is 64.3. The molecule has 23 heteroatoms. The van der Waals surface area contributed by atoms with Crippen molar-refractivity contribution >= 4 is 32.6 Å². The minimum Gasteiger partial charge on any atom is -0.394 e. The van der Waals surface area contributed by atoms with Crippen LogP contribution in [0.1, 0.15) is 13.2 Å². The van der Waals surface area contributed by atoms with Gasteiger partial charge < -0.3 is 55.6 Å². The van der Waals surface area contributed by atoms with Crippen molar-refractivity contribution in [2.45, 2.75) is 62.2 Å². The first-order chi connectivity index (χ1) is 19.1. The number of alkyl halides is 1. The predicted octanol–water partition coefficient (Wildman–Crippen LogP) is -2.95. The molecule has 0 saturated carbocycles. The molecule has 3 heterocycles. The van der Waals surface area contributed by atoms with Crippen LogP contribution in [0.2, 0.25) is 0 Å². The molecular weight excluding hydrogens is 607 g/mol. The number of nitrogens with zero attached hydrogens (tertiary/aromatic N) is 4. The van der Waals surface area contributed by atoms with E-state index >= 15 is 0 Å². The molecule has 10 N–H and O–H groups in total. The van der Waals surface area contributed by atoms with E-state index in [-0.39, 0.29) is 17.0 Å². The highest BCUT2D eigenvalue weighted by molar-refractivity contribution is 7.61. The highest BCUT2D eigenvalue weighted by Gasteiger charge is 2.48. The van der Waals surface area contributed by atoms with Crippen LogP contribution in [0.25, 0.3) is 11.2 Å². The highest BCUT2D eigenvalue weighted by Crippen LogP contribution is 2.61. The van der Waals surface area contributed by atoms with Gasteiger partial charge in [-0.1, -0.05) is 0 Å². The minimum atomic E-state index is -5.71. The van der Waals surface area contributed by atoms with Gasteiger partial charge in [-0.2, -0.15) is 4.31 Å². The van der Waals surface area contributed by atoms with Gasteiger partial charge in [-0.05, 0) is 6.92 Å². The van der Waals surface area contributed by atoms with Gasteiger partial charge in [0.25, 0.3) is 0 Å². The molecule has 0 radical (unpaired) electrons. The van der Waals surface area contributed by atoms with Crippen LogP contribution in [0.15, 0.2) is 12.7 Å². The average molecular weight is 637 g/mol. The Bertz CT molecular complexity index is 1260. The van der Waals surface area contributed by atoms with E-state index in [1.54, 1.807) is 0 Å². The molecule has 0 amide bonds. The summed E-state index contributed by atoms with van der Waals surface area (Å²) >= 11 is 0. The van der Waals surface area contributed by atoms with Crippen molar-refractivity contribution in [3.8, 4) is 0 Å². The maximum atomic E-state index is 14.9. The van der Waals surface area contributed by atoms with Crippen molar-refractivity contribution in [2.75, 3.05) is 25.6 Å². The number of nitrogens with two attached hydrogens (primary N) is 1. The molecule has 1 aliphatic heterocycles. The second-order valence-corrected chi connectivity index (χ2v) is 11.7. The molecule has 234 valence electrons. The lowest BCUT2D eigenvalue weighted by molar-refractivity contribution is -0.226. The standard InChI is InChI=1S/C18H30FN5O15P2/c1-7(27)14(8(28)2-25)37-18(9(29)3-26)38-41(33,34)39-40(31,32)35-4-10-13(30)11(19)17(36-10)24-6-23-12-15(20)21-5-22-16(12)24/h5-11,13-14,17-18,25-30H,2-4H2,1H3,(H,31,32)(H,33,34)(H2,20,21,22)/t7-,8+,9+,10?,11?,13?,14?,17?,18?/m0/s1. The molecule has 2 aromatic heterocycles. The zero-order chi connectivity index (χ0) is 30.7. The van der Waals surface area contributed by atoms with Gasteiger partial charge in [0.05, 0.1) is 32.3 Å². The lowest BCUT2D eigenvalue weighted by Gasteiger charge is -2.31. The van der Waals surface area contributed by atoms with Crippen molar-refractivity contribution < 1.29 is 76.8 Å². The number of imidazole rings is 1. The Morgan fingerprint density at radius 2 is 1.78 bits per heavy atom. The summed E-state index contributed by atoms with van der Waals surface area (Å²) in [6, 6.07) is 0. The van der Waals surface area contributed by atoms with Crippen LogP contribution in [0.3, 0.4) is 0 Å². The van der Waals surface area contributed by atoms with Crippen molar-refractivity contribution in [1.29, 1.82) is 0 Å². The second kappa shape index (κ2) is 13.7. The number of ether oxygens (including phenoxy) is 2. The lowest BCUT2D eigenvalue weighted by atomic mass is 10.1. The number of phosphoric acid groups is 2. The molecule has 0 bridgehead atoms. The van der Waals surface area contributed by atoms with E-state index in [0.717, 1.165) is 24.1 Å². The topological polar surface area (TPSA) is 312 Å². The van der Waals surface area contributed by atoms with Crippen molar-refractivity contribution in [3.05, 3.63) is 12.7 Å². The summed E-state index contributed by atoms with van der Waals surface area (Å²) in [4.78, 5) is 31.5. The minimum absolute atomic E-state index is 0.0123. The largest absolute Gasteiger partial charge is 0.483 e. The number of hydrogen-bond acceptors (Lipinski definition) is 17. The Morgan fingerprint density at radius 3 is 2.39 bits per heavy atom. The second-order valence-electron chi connectivity index (χ2n) is 8.71. The maximum absolute atomic E-state index is 14.9. The molecule has 20 nitrogen and oxygen atoms in total. The fourth-order valence-electron chi connectivity index (χ4n) is 3.65. The summed E-state index contributed by atoms with van der Waals surface area (Å²) in [6.07, 6.45) is -14.6. The number of anilines is 1. The molecule has 1 fully saturated rings. The van der Waals surface area contributed by atoms with E-state index in [1.165, 1.54) is 0 Å². The molecule has 1 saturated heterocycles. The van der Waals surface area contributed by atoms with Gasteiger partial charge in [0.2, 0.25) is 0 Å². The van der Waals surface area contributed by atoms with Crippen molar-refractivity contribution in [3.63, 3.8) is 0 Å². The van der Waals surface area contributed by atoms with E-state index in [1.807, 2.05) is 0 Å². The van der Waals surface area contributed by atoms with Crippen LogP contribution in [0.5, 0.6) is 0 Å². The third kappa shape index (κ3) is 8.20. The van der Waals surface area contributed by atoms with Crippen LogP contribution < -0.4 is 5.73 Å². The molecule has 8 unspecified atom stereocenters. The Balaban J connectivity index is 1.66. The van der Waals surface area contributed by atoms with Crippen LogP contribution in [0.4, 0.5) is 10.2 Å². The maximum Gasteiger partial charge on any atom is 0.483 e. The van der Waals surface area contributed by atoms with Gasteiger partial charge in [-0.3, -0.25) is 13.6 Å². The quantitative estimate of drug-likeness (QED) is 0.0696. The molecule has 2 aromatic rings. The number of aromatic nitrogens is 4. The number of hydrogen-bond donors (Lipinski definition) is 9. The smallest absolute Gasteiger partial charge is 0.394 e. The Morgan fingerprint density at radius 1 is 1.12 bits per heavy atom. The summed E-state index contributed by atoms with van der Waals surface area (Å²) in [5.74, 6) is -0.0123. The first kappa shape index (κ1) is 33.7. The van der Waals surface area contributed by atoms with Crippen LogP contribution in [0, 0.1) is 0 Å². The number of fused-ring (bicyclic) bond motifs is 1. The number of aliphatic hydroxyl groups excluding tert-OH is 6. The van der Waals surface area contributed by atoms with E-state index in [4.69, 9.17) is 20.3 Å². The van der Waals surface area contributed by atoms with E-state index < -0.39 is 90.8 Å². The molecule has 0 aromatic carbocycles. The van der Waals surface area contributed by atoms with Crippen molar-refractivity contribution in [2.24, 2.45) is 0 Å². The fourth-order valence-corrected chi connectivity index (χ4v) is 5.82. The summed E-state index contributed by atoms with van der Waals surface area (Å²) in [6.45, 7) is -2.09. The molecule has 11 atom stereocenters. The molecule has 0 aliphatic carbocycles. The number of nitrogen functional groups attached to an aromatic ring is 1. The van der Waals surface area contributed by atoms with E-state index in [2.05, 4.69) is 28.3 Å². The Labute approximate surface area is 229 Å². The molecule has 3 rings (SSSR count). The normalized spacial score (nSPS) is 28.0. The summed E-state index contributed by atoms with van der Waals surface area (Å²) in [5, 5.41) is 57.9. The molecule has 0 spiro atoms. The average Bonchev–Trinajstić information content (AvgIpc) is 3.45. The van der Waals surface area contributed by atoms with Gasteiger partial charge in [-0.15, -0.1) is 0 Å². The lowest BCUT2D eigenvalue weighted by Crippen LogP contribution is -2.46. The fraction of sp³-hybridized carbons (Fsp3) is 0.722. The predicted molar refractivity (Wildman–Crippen MR) is 129 cm³/mol. The van der Waals surface area contributed by atoms with Crippen LogP contribution >= 0.6 is 15.6 Å². The Kier molecular flexibility index (Phi) is 11.2. The number of halogens is 1. The monoisotopic (exact) mass is 637 g/mol. The van der Waals surface area contributed by atoms with Gasteiger partial charge in [0.1, 0.15) is 42.4 Å². The van der Waals surface area contributed by atoms with Gasteiger partial charge in [0.15, 0.2) is 30.2 Å². The zero-order valence-corrected chi connectivity index (χ0v) is 22.8. The first-order valence-electron chi connectivity index (χ1n) is 11.6. The highest BCUT2D eigenvalue weighted by atomic mass is 31.3. The number of rotatable bonds is 15. The van der Waals surface area contributed by atoms with Gasteiger partial charge in [-0.25, -0.2) is 28.5 Å². The molecular formula is C18H30FN5O15P2. The van der Waals surface area contributed by atoms with Crippen LogP contribution in [-0.4, -0.2) is 129 Å². The molecule has 1 aliphatic rings. The third-order valence-electron chi connectivity index (χ3n) is 5.63. The third-order valence-corrected chi connectivity index (χ3v) is 8.24. The first-order valence-corrected chi connectivity index (χ1v) is 14.6. The zero-order valence-electron chi connectivity index (χ0n) is 21.0. The van der Waals surface area contributed by atoms with Crippen LogP contribution in [-0.2, 0) is 32.0 Å². The van der Waals surface area contributed by atoms with Crippen molar-refractivity contribution in [1.82, 2.24) is 19.5 Å². The Hall–Kier alpha value is -1.78. The van der Waals surface area contributed by atoms with E-state index in [9.17, 15) is 48.8 Å². The number of phosphoric ester groups is 2. The van der Waals surface area contributed by atoms with E-state index in [0.29, 0.717) is 0 Å². The number of aliphatic hydroxyl groups is 6. The van der Waals surface area contributed by atoms with Gasteiger partial charge in [0, 0.05) is 0 Å².